The maximum absolute atomic E-state index is 10.7. The molecule has 0 aromatic heterocycles. The van der Waals surface area contributed by atoms with Gasteiger partial charge in [0.25, 0.3) is 0 Å². The summed E-state index contributed by atoms with van der Waals surface area (Å²) >= 11 is 0. The average molecular weight is 243 g/mol. The Balaban J connectivity index is 2.52. The lowest BCUT2D eigenvalue weighted by Crippen LogP contribution is -2.33. The normalized spacial score (nSPS) is 17.1. The van der Waals surface area contributed by atoms with Crippen LogP contribution in [-0.2, 0) is 16.8 Å². The van der Waals surface area contributed by atoms with Gasteiger partial charge in [-0.15, -0.1) is 0 Å². The number of carbonyl (C=O) groups excluding carboxylic acids is 1. The summed E-state index contributed by atoms with van der Waals surface area (Å²) in [7, 11) is 0. The number of rotatable bonds is 4. The number of aliphatic imine (C=N–C) groups is 1. The zero-order valence-corrected chi connectivity index (χ0v) is 11.5. The summed E-state index contributed by atoms with van der Waals surface area (Å²) < 4.78 is 0. The van der Waals surface area contributed by atoms with Crippen LogP contribution in [0.1, 0.15) is 62.6 Å². The van der Waals surface area contributed by atoms with Crippen LogP contribution in [0.5, 0.6) is 0 Å². The van der Waals surface area contributed by atoms with Crippen molar-refractivity contribution in [3.05, 3.63) is 34.9 Å². The molecular weight excluding hydrogens is 222 g/mol. The van der Waals surface area contributed by atoms with E-state index in [0.29, 0.717) is 5.92 Å². The minimum atomic E-state index is -0.266. The molecule has 0 atom stereocenters. The SMILES string of the molecule is CCc1ccc(C(C)C)cc1C1(N=C=O)CCC1. The van der Waals surface area contributed by atoms with E-state index in [1.54, 1.807) is 6.08 Å². The lowest BCUT2D eigenvalue weighted by Gasteiger charge is -2.39. The Bertz CT molecular complexity index is 480. The quantitative estimate of drug-likeness (QED) is 0.578. The van der Waals surface area contributed by atoms with E-state index in [1.165, 1.54) is 16.7 Å². The molecule has 0 saturated heterocycles. The second-order valence-electron chi connectivity index (χ2n) is 5.51. The molecular formula is C16H21NO. The van der Waals surface area contributed by atoms with Gasteiger partial charge in [-0.1, -0.05) is 39.0 Å². The Morgan fingerprint density at radius 1 is 1.39 bits per heavy atom. The van der Waals surface area contributed by atoms with E-state index >= 15 is 0 Å². The van der Waals surface area contributed by atoms with Crippen molar-refractivity contribution in [1.82, 2.24) is 0 Å². The fourth-order valence-corrected chi connectivity index (χ4v) is 2.74. The zero-order chi connectivity index (χ0) is 13.2. The van der Waals surface area contributed by atoms with E-state index in [4.69, 9.17) is 0 Å². The first-order valence-electron chi connectivity index (χ1n) is 6.85. The van der Waals surface area contributed by atoms with Crippen molar-refractivity contribution in [3.63, 3.8) is 0 Å². The molecule has 96 valence electrons. The van der Waals surface area contributed by atoms with Gasteiger partial charge in [0.05, 0.1) is 5.54 Å². The van der Waals surface area contributed by atoms with Crippen LogP contribution in [0.3, 0.4) is 0 Å². The van der Waals surface area contributed by atoms with Gasteiger partial charge in [0.1, 0.15) is 0 Å². The highest BCUT2D eigenvalue weighted by atomic mass is 16.1. The molecule has 0 heterocycles. The predicted octanol–water partition coefficient (Wildman–Crippen LogP) is 4.09. The van der Waals surface area contributed by atoms with Gasteiger partial charge in [0.2, 0.25) is 6.08 Å². The average Bonchev–Trinajstić information content (AvgIpc) is 2.33. The number of nitrogens with zero attached hydrogens (tertiary/aromatic N) is 1. The molecule has 0 bridgehead atoms. The van der Waals surface area contributed by atoms with Crippen molar-refractivity contribution in [2.45, 2.75) is 57.9 Å². The third-order valence-corrected chi connectivity index (χ3v) is 4.12. The van der Waals surface area contributed by atoms with E-state index in [1.807, 2.05) is 0 Å². The molecule has 0 unspecified atom stereocenters. The topological polar surface area (TPSA) is 29.4 Å². The van der Waals surface area contributed by atoms with Crippen LogP contribution in [0.4, 0.5) is 0 Å². The highest BCUT2D eigenvalue weighted by molar-refractivity contribution is 5.44. The third-order valence-electron chi connectivity index (χ3n) is 4.12. The summed E-state index contributed by atoms with van der Waals surface area (Å²) in [4.78, 5) is 14.8. The lowest BCUT2D eigenvalue weighted by molar-refractivity contribution is 0.254. The standard InChI is InChI=1S/C16H21NO/c1-4-13-6-7-14(12(2)3)10-15(13)16(17-11-18)8-5-9-16/h6-7,10,12H,4-5,8-9H2,1-3H3. The fourth-order valence-electron chi connectivity index (χ4n) is 2.74. The van der Waals surface area contributed by atoms with Crippen LogP contribution < -0.4 is 0 Å². The number of isocyanates is 1. The number of hydrogen-bond acceptors (Lipinski definition) is 2. The fraction of sp³-hybridized carbons (Fsp3) is 0.562. The lowest BCUT2D eigenvalue weighted by atomic mass is 9.70. The largest absolute Gasteiger partial charge is 0.235 e. The van der Waals surface area contributed by atoms with Gasteiger partial charge in [0.15, 0.2) is 0 Å². The molecule has 1 fully saturated rings. The maximum atomic E-state index is 10.7. The van der Waals surface area contributed by atoms with E-state index in [0.717, 1.165) is 25.7 Å². The number of hydrogen-bond donors (Lipinski definition) is 0. The van der Waals surface area contributed by atoms with Crippen molar-refractivity contribution in [2.75, 3.05) is 0 Å². The minimum Gasteiger partial charge on any atom is -0.211 e. The summed E-state index contributed by atoms with van der Waals surface area (Å²) in [5, 5.41) is 0. The second-order valence-corrected chi connectivity index (χ2v) is 5.51. The van der Waals surface area contributed by atoms with Gasteiger partial charge < -0.3 is 0 Å². The molecule has 1 saturated carbocycles. The van der Waals surface area contributed by atoms with Gasteiger partial charge >= 0.3 is 0 Å². The Morgan fingerprint density at radius 3 is 2.56 bits per heavy atom. The van der Waals surface area contributed by atoms with Crippen molar-refractivity contribution >= 4 is 6.08 Å². The van der Waals surface area contributed by atoms with Gasteiger partial charge in [-0.05, 0) is 48.3 Å². The highest BCUT2D eigenvalue weighted by Crippen LogP contribution is 2.46. The summed E-state index contributed by atoms with van der Waals surface area (Å²) in [5.41, 5.74) is 3.64. The zero-order valence-electron chi connectivity index (χ0n) is 11.5. The van der Waals surface area contributed by atoms with Gasteiger partial charge in [-0.2, -0.15) is 4.99 Å². The van der Waals surface area contributed by atoms with E-state index < -0.39 is 0 Å². The molecule has 1 aliphatic carbocycles. The molecule has 1 aromatic rings. The third kappa shape index (κ3) is 2.13. The molecule has 18 heavy (non-hydrogen) atoms. The maximum Gasteiger partial charge on any atom is 0.235 e. The van der Waals surface area contributed by atoms with Gasteiger partial charge in [0, 0.05) is 0 Å². The monoisotopic (exact) mass is 243 g/mol. The van der Waals surface area contributed by atoms with Crippen LogP contribution in [0.25, 0.3) is 0 Å². The van der Waals surface area contributed by atoms with Crippen LogP contribution in [-0.4, -0.2) is 6.08 Å². The van der Waals surface area contributed by atoms with Crippen LogP contribution >= 0.6 is 0 Å². The molecule has 1 aliphatic rings. The Labute approximate surface area is 109 Å². The summed E-state index contributed by atoms with van der Waals surface area (Å²) in [5.74, 6) is 0.506. The molecule has 0 N–H and O–H groups in total. The van der Waals surface area contributed by atoms with E-state index in [2.05, 4.69) is 44.0 Å². The van der Waals surface area contributed by atoms with Crippen LogP contribution in [0, 0.1) is 0 Å². The minimum absolute atomic E-state index is 0.266. The van der Waals surface area contributed by atoms with Gasteiger partial charge in [-0.3, -0.25) is 0 Å². The summed E-state index contributed by atoms with van der Waals surface area (Å²) in [6.07, 6.45) is 5.89. The smallest absolute Gasteiger partial charge is 0.211 e. The predicted molar refractivity (Wildman–Crippen MR) is 73.6 cm³/mol. The molecule has 0 aliphatic heterocycles. The number of benzene rings is 1. The van der Waals surface area contributed by atoms with Crippen molar-refractivity contribution in [3.8, 4) is 0 Å². The van der Waals surface area contributed by atoms with Crippen molar-refractivity contribution in [2.24, 2.45) is 4.99 Å². The second kappa shape index (κ2) is 5.07. The van der Waals surface area contributed by atoms with Crippen LogP contribution in [0.2, 0.25) is 0 Å². The highest BCUT2D eigenvalue weighted by Gasteiger charge is 2.40. The molecule has 0 spiro atoms. The summed E-state index contributed by atoms with van der Waals surface area (Å²) in [6, 6.07) is 6.65. The first-order valence-corrected chi connectivity index (χ1v) is 6.85. The summed E-state index contributed by atoms with van der Waals surface area (Å²) in [6.45, 7) is 6.55. The van der Waals surface area contributed by atoms with Gasteiger partial charge in [-0.25, -0.2) is 4.79 Å². The Kier molecular flexibility index (Phi) is 3.68. The first kappa shape index (κ1) is 13.0. The van der Waals surface area contributed by atoms with E-state index in [-0.39, 0.29) is 5.54 Å². The molecule has 0 radical (unpaired) electrons. The molecule has 1 aromatic carbocycles. The van der Waals surface area contributed by atoms with Crippen molar-refractivity contribution < 1.29 is 4.79 Å². The number of aryl methyl sites for hydroxylation is 1. The van der Waals surface area contributed by atoms with Crippen molar-refractivity contribution in [1.29, 1.82) is 0 Å². The molecule has 0 amide bonds. The molecule has 2 nitrogen and oxygen atoms in total. The Hall–Kier alpha value is -1.40. The first-order chi connectivity index (χ1) is 8.63. The van der Waals surface area contributed by atoms with E-state index in [9.17, 15) is 4.79 Å². The van der Waals surface area contributed by atoms with Crippen LogP contribution in [0.15, 0.2) is 23.2 Å². The molecule has 2 heteroatoms. The Morgan fingerprint density at radius 2 is 2.11 bits per heavy atom. The molecule has 2 rings (SSSR count).